The van der Waals surface area contributed by atoms with E-state index in [1.54, 1.807) is 6.92 Å². The molecule has 0 bridgehead atoms. The monoisotopic (exact) mass is 278 g/mol. The van der Waals surface area contributed by atoms with Crippen LogP contribution in [0.2, 0.25) is 0 Å². The zero-order valence-corrected chi connectivity index (χ0v) is 10.2. The number of hydrogen-bond acceptors (Lipinski definition) is 4. The Morgan fingerprint density at radius 2 is 2.11 bits per heavy atom. The Labute approximate surface area is 107 Å². The van der Waals surface area contributed by atoms with E-state index in [4.69, 9.17) is 4.74 Å². The standard InChI is InChI=1S/C11H13F3N2O3/c1-2-19-6-5-15-9-4-3-8(11(12,13)14)7-10(9)16(17)18/h3-4,7,15H,2,5-6H2,1H3. The van der Waals surface area contributed by atoms with Gasteiger partial charge in [-0.2, -0.15) is 13.2 Å². The molecule has 0 fully saturated rings. The Kier molecular flexibility index (Phi) is 5.11. The van der Waals surface area contributed by atoms with Crippen LogP contribution in [0.1, 0.15) is 12.5 Å². The second-order valence-corrected chi connectivity index (χ2v) is 3.61. The largest absolute Gasteiger partial charge is 0.416 e. The molecule has 0 radical (unpaired) electrons. The fourth-order valence-corrected chi connectivity index (χ4v) is 1.41. The van der Waals surface area contributed by atoms with Gasteiger partial charge in [-0.25, -0.2) is 0 Å². The van der Waals surface area contributed by atoms with E-state index < -0.39 is 22.4 Å². The first-order chi connectivity index (χ1) is 8.86. The molecule has 1 rings (SSSR count). The number of ether oxygens (including phenoxy) is 1. The Bertz CT molecular complexity index is 449. The Balaban J connectivity index is 2.90. The maximum absolute atomic E-state index is 12.5. The lowest BCUT2D eigenvalue weighted by Crippen LogP contribution is -2.12. The normalized spacial score (nSPS) is 11.4. The second kappa shape index (κ2) is 6.37. The lowest BCUT2D eigenvalue weighted by molar-refractivity contribution is -0.384. The molecule has 0 atom stereocenters. The smallest absolute Gasteiger partial charge is 0.380 e. The number of alkyl halides is 3. The molecule has 0 aliphatic heterocycles. The number of rotatable bonds is 6. The number of nitrogens with one attached hydrogen (secondary N) is 1. The van der Waals surface area contributed by atoms with Gasteiger partial charge in [-0.15, -0.1) is 0 Å². The predicted molar refractivity (Wildman–Crippen MR) is 63.1 cm³/mol. The second-order valence-electron chi connectivity index (χ2n) is 3.61. The minimum absolute atomic E-state index is 0.0395. The first kappa shape index (κ1) is 15.2. The molecule has 106 valence electrons. The van der Waals surface area contributed by atoms with Crippen molar-refractivity contribution in [3.05, 3.63) is 33.9 Å². The average molecular weight is 278 g/mol. The van der Waals surface area contributed by atoms with Gasteiger partial charge in [0.25, 0.3) is 5.69 Å². The summed E-state index contributed by atoms with van der Waals surface area (Å²) in [4.78, 5) is 9.91. The Morgan fingerprint density at radius 1 is 1.42 bits per heavy atom. The molecule has 1 aromatic rings. The van der Waals surface area contributed by atoms with E-state index in [9.17, 15) is 23.3 Å². The third-order valence-corrected chi connectivity index (χ3v) is 2.29. The highest BCUT2D eigenvalue weighted by Gasteiger charge is 2.32. The Morgan fingerprint density at radius 3 is 2.63 bits per heavy atom. The molecule has 0 unspecified atom stereocenters. The summed E-state index contributed by atoms with van der Waals surface area (Å²) >= 11 is 0. The van der Waals surface area contributed by atoms with E-state index in [2.05, 4.69) is 5.32 Å². The van der Waals surface area contributed by atoms with Gasteiger partial charge in [0.15, 0.2) is 0 Å². The molecule has 0 spiro atoms. The minimum atomic E-state index is -4.60. The molecule has 0 saturated carbocycles. The highest BCUT2D eigenvalue weighted by Crippen LogP contribution is 2.34. The van der Waals surface area contributed by atoms with Crippen molar-refractivity contribution in [3.63, 3.8) is 0 Å². The first-order valence-corrected chi connectivity index (χ1v) is 5.53. The zero-order valence-electron chi connectivity index (χ0n) is 10.2. The molecular formula is C11H13F3N2O3. The van der Waals surface area contributed by atoms with Gasteiger partial charge in [0.05, 0.1) is 17.1 Å². The summed E-state index contributed by atoms with van der Waals surface area (Å²) in [6, 6.07) is 2.37. The summed E-state index contributed by atoms with van der Waals surface area (Å²) in [5.74, 6) is 0. The van der Waals surface area contributed by atoms with Gasteiger partial charge in [-0.3, -0.25) is 10.1 Å². The van der Waals surface area contributed by atoms with Crippen molar-refractivity contribution in [2.45, 2.75) is 13.1 Å². The molecular weight excluding hydrogens is 265 g/mol. The van der Waals surface area contributed by atoms with Crippen LogP contribution in [0, 0.1) is 10.1 Å². The number of nitro benzene ring substituents is 1. The summed E-state index contributed by atoms with van der Waals surface area (Å²) < 4.78 is 42.4. The fraction of sp³-hybridized carbons (Fsp3) is 0.455. The lowest BCUT2D eigenvalue weighted by Gasteiger charge is -2.10. The zero-order chi connectivity index (χ0) is 14.5. The summed E-state index contributed by atoms with van der Waals surface area (Å²) in [6.07, 6.45) is -4.60. The van der Waals surface area contributed by atoms with Gasteiger partial charge >= 0.3 is 6.18 Å². The van der Waals surface area contributed by atoms with Gasteiger partial charge in [-0.1, -0.05) is 0 Å². The number of nitrogens with zero attached hydrogens (tertiary/aromatic N) is 1. The van der Waals surface area contributed by atoms with Crippen LogP contribution in [-0.2, 0) is 10.9 Å². The number of benzene rings is 1. The van der Waals surface area contributed by atoms with Crippen LogP contribution >= 0.6 is 0 Å². The van der Waals surface area contributed by atoms with E-state index in [-0.39, 0.29) is 12.2 Å². The van der Waals surface area contributed by atoms with Crippen molar-refractivity contribution < 1.29 is 22.8 Å². The number of halogens is 3. The molecule has 1 aromatic carbocycles. The first-order valence-electron chi connectivity index (χ1n) is 5.53. The third kappa shape index (κ3) is 4.40. The van der Waals surface area contributed by atoms with Crippen molar-refractivity contribution in [1.29, 1.82) is 0 Å². The third-order valence-electron chi connectivity index (χ3n) is 2.29. The predicted octanol–water partition coefficient (Wildman–Crippen LogP) is 3.06. The molecule has 0 aromatic heterocycles. The van der Waals surface area contributed by atoms with Crippen LogP contribution in [0.5, 0.6) is 0 Å². The molecule has 5 nitrogen and oxygen atoms in total. The molecule has 1 N–H and O–H groups in total. The molecule has 0 saturated heterocycles. The molecule has 8 heteroatoms. The highest BCUT2D eigenvalue weighted by atomic mass is 19.4. The summed E-state index contributed by atoms with van der Waals surface area (Å²) in [5.41, 5.74) is -1.61. The lowest BCUT2D eigenvalue weighted by atomic mass is 10.1. The molecule has 0 amide bonds. The van der Waals surface area contributed by atoms with Crippen molar-refractivity contribution in [2.75, 3.05) is 25.1 Å². The fourth-order valence-electron chi connectivity index (χ4n) is 1.41. The van der Waals surface area contributed by atoms with E-state index in [1.807, 2.05) is 0 Å². The summed E-state index contributed by atoms with van der Waals surface area (Å²) in [5, 5.41) is 13.4. The quantitative estimate of drug-likeness (QED) is 0.493. The van der Waals surface area contributed by atoms with E-state index in [1.165, 1.54) is 0 Å². The Hall–Kier alpha value is -1.83. The summed E-state index contributed by atoms with van der Waals surface area (Å²) in [6.45, 7) is 2.88. The van der Waals surface area contributed by atoms with Gasteiger partial charge < -0.3 is 10.1 Å². The van der Waals surface area contributed by atoms with Crippen molar-refractivity contribution in [1.82, 2.24) is 0 Å². The maximum atomic E-state index is 12.5. The van der Waals surface area contributed by atoms with Crippen LogP contribution in [0.25, 0.3) is 0 Å². The molecule has 0 heterocycles. The van der Waals surface area contributed by atoms with Crippen molar-refractivity contribution >= 4 is 11.4 Å². The molecule has 19 heavy (non-hydrogen) atoms. The minimum Gasteiger partial charge on any atom is -0.380 e. The highest BCUT2D eigenvalue weighted by molar-refractivity contribution is 5.62. The van der Waals surface area contributed by atoms with E-state index in [0.717, 1.165) is 12.1 Å². The van der Waals surface area contributed by atoms with Crippen LogP contribution in [0.3, 0.4) is 0 Å². The maximum Gasteiger partial charge on any atom is 0.416 e. The number of anilines is 1. The molecule has 0 aliphatic rings. The molecule has 0 aliphatic carbocycles. The van der Waals surface area contributed by atoms with Crippen LogP contribution in [-0.4, -0.2) is 24.7 Å². The SMILES string of the molecule is CCOCCNc1ccc(C(F)(F)F)cc1[N+](=O)[O-]. The van der Waals surface area contributed by atoms with Gasteiger partial charge in [0, 0.05) is 19.2 Å². The van der Waals surface area contributed by atoms with Crippen molar-refractivity contribution in [3.8, 4) is 0 Å². The van der Waals surface area contributed by atoms with Gasteiger partial charge in [0.1, 0.15) is 5.69 Å². The van der Waals surface area contributed by atoms with Crippen LogP contribution in [0.15, 0.2) is 18.2 Å². The topological polar surface area (TPSA) is 64.4 Å². The van der Waals surface area contributed by atoms with Crippen LogP contribution in [0.4, 0.5) is 24.5 Å². The van der Waals surface area contributed by atoms with Gasteiger partial charge in [-0.05, 0) is 19.1 Å². The van der Waals surface area contributed by atoms with Crippen LogP contribution < -0.4 is 5.32 Å². The van der Waals surface area contributed by atoms with E-state index >= 15 is 0 Å². The summed E-state index contributed by atoms with van der Waals surface area (Å²) in [7, 11) is 0. The number of nitro groups is 1. The number of hydrogen-bond donors (Lipinski definition) is 1. The van der Waals surface area contributed by atoms with E-state index in [0.29, 0.717) is 19.3 Å². The van der Waals surface area contributed by atoms with Gasteiger partial charge in [0.2, 0.25) is 0 Å². The average Bonchev–Trinajstić information content (AvgIpc) is 2.33. The van der Waals surface area contributed by atoms with Crippen molar-refractivity contribution in [2.24, 2.45) is 0 Å².